The zero-order chi connectivity index (χ0) is 16.0. The van der Waals surface area contributed by atoms with Gasteiger partial charge in [-0.15, -0.1) is 0 Å². The van der Waals surface area contributed by atoms with Crippen LogP contribution in [0.1, 0.15) is 0 Å². The van der Waals surface area contributed by atoms with Crippen molar-refractivity contribution in [1.29, 1.82) is 0 Å². The number of carbonyl (C=O) groups is 1. The highest BCUT2D eigenvalue weighted by Crippen LogP contribution is 2.33. The summed E-state index contributed by atoms with van der Waals surface area (Å²) in [5.41, 5.74) is 1.15. The summed E-state index contributed by atoms with van der Waals surface area (Å²) >= 11 is 0.938. The number of anilines is 2. The van der Waals surface area contributed by atoms with Crippen molar-refractivity contribution in [1.82, 2.24) is 13.7 Å². The van der Waals surface area contributed by atoms with Crippen LogP contribution in [0.5, 0.6) is 0 Å². The average Bonchev–Trinajstić information content (AvgIpc) is 3.02. The van der Waals surface area contributed by atoms with E-state index < -0.39 is 15.9 Å². The first kappa shape index (κ1) is 14.0. The number of hydrogen-bond acceptors (Lipinski definition) is 7. The zero-order valence-electron chi connectivity index (χ0n) is 11.5. The number of sulfonamides is 1. The fourth-order valence-corrected chi connectivity index (χ4v) is 4.55. The summed E-state index contributed by atoms with van der Waals surface area (Å²) in [5, 5.41) is 2.61. The summed E-state index contributed by atoms with van der Waals surface area (Å²) in [6.07, 6.45) is 1.48. The molecule has 4 rings (SSSR count). The Hall–Kier alpha value is -2.59. The lowest BCUT2D eigenvalue weighted by molar-refractivity contribution is -0.115. The molecule has 23 heavy (non-hydrogen) atoms. The number of benzene rings is 1. The molecule has 0 fully saturated rings. The summed E-state index contributed by atoms with van der Waals surface area (Å²) in [5.74, 6) is -0.232. The minimum absolute atomic E-state index is 0.00931. The van der Waals surface area contributed by atoms with Gasteiger partial charge in [-0.05, 0) is 24.3 Å². The summed E-state index contributed by atoms with van der Waals surface area (Å²) < 4.78 is 35.2. The number of pyridine rings is 1. The normalized spacial score (nSPS) is 14.6. The molecule has 1 aromatic carbocycles. The van der Waals surface area contributed by atoms with Gasteiger partial charge in [-0.1, -0.05) is 6.07 Å². The number of aromatic nitrogens is 3. The number of fused-ring (bicyclic) bond motifs is 2. The Balaban J connectivity index is 1.93. The Kier molecular flexibility index (Phi) is 3.03. The average molecular weight is 347 g/mol. The number of nitrogens with zero attached hydrogens (tertiary/aromatic N) is 4. The van der Waals surface area contributed by atoms with Crippen molar-refractivity contribution in [2.24, 2.45) is 0 Å². The number of rotatable bonds is 2. The first-order chi connectivity index (χ1) is 11.1. The van der Waals surface area contributed by atoms with E-state index in [9.17, 15) is 13.2 Å². The van der Waals surface area contributed by atoms with E-state index in [1.54, 1.807) is 24.3 Å². The van der Waals surface area contributed by atoms with Gasteiger partial charge in [0.25, 0.3) is 10.0 Å². The monoisotopic (exact) mass is 347 g/mol. The van der Waals surface area contributed by atoms with E-state index in [1.807, 2.05) is 0 Å². The van der Waals surface area contributed by atoms with Gasteiger partial charge < -0.3 is 5.32 Å². The van der Waals surface area contributed by atoms with E-state index in [0.717, 1.165) is 16.0 Å². The first-order valence-electron chi connectivity index (χ1n) is 6.56. The second-order valence-electron chi connectivity index (χ2n) is 4.82. The van der Waals surface area contributed by atoms with Crippen LogP contribution in [0.2, 0.25) is 0 Å². The lowest BCUT2D eigenvalue weighted by atomic mass is 10.3. The number of nitrogens with one attached hydrogen (secondary N) is 1. The van der Waals surface area contributed by atoms with E-state index in [4.69, 9.17) is 0 Å². The van der Waals surface area contributed by atoms with Crippen LogP contribution in [0.4, 0.5) is 11.5 Å². The van der Waals surface area contributed by atoms with Gasteiger partial charge in [0.1, 0.15) is 22.5 Å². The highest BCUT2D eigenvalue weighted by atomic mass is 32.2. The second-order valence-corrected chi connectivity index (χ2v) is 7.18. The van der Waals surface area contributed by atoms with Gasteiger partial charge in [0.15, 0.2) is 5.82 Å². The van der Waals surface area contributed by atoms with Gasteiger partial charge in [-0.3, -0.25) is 4.79 Å². The summed E-state index contributed by atoms with van der Waals surface area (Å²) in [6, 6.07) is 7.97. The third-order valence-corrected chi connectivity index (χ3v) is 5.71. The molecule has 8 nitrogen and oxygen atoms in total. The first-order valence-corrected chi connectivity index (χ1v) is 8.73. The predicted octanol–water partition coefficient (Wildman–Crippen LogP) is 1.23. The van der Waals surface area contributed by atoms with Crippen LogP contribution >= 0.6 is 11.7 Å². The molecule has 0 spiro atoms. The lowest BCUT2D eigenvalue weighted by Crippen LogP contribution is -2.42. The predicted molar refractivity (Wildman–Crippen MR) is 84.8 cm³/mol. The maximum absolute atomic E-state index is 13.1. The molecule has 1 aliphatic rings. The third-order valence-electron chi connectivity index (χ3n) is 3.40. The molecule has 3 aromatic rings. The number of hydrogen-bond donors (Lipinski definition) is 1. The largest absolute Gasteiger partial charge is 0.321 e. The van der Waals surface area contributed by atoms with E-state index in [1.165, 1.54) is 12.3 Å². The second kappa shape index (κ2) is 4.96. The number of amides is 1. The highest BCUT2D eigenvalue weighted by Gasteiger charge is 2.35. The van der Waals surface area contributed by atoms with Crippen LogP contribution in [-0.4, -0.2) is 34.6 Å². The van der Waals surface area contributed by atoms with Crippen molar-refractivity contribution < 1.29 is 13.2 Å². The molecular formula is C13H9N5O3S2. The van der Waals surface area contributed by atoms with Crippen molar-refractivity contribution in [2.45, 2.75) is 4.90 Å². The fourth-order valence-electron chi connectivity index (χ4n) is 2.40. The van der Waals surface area contributed by atoms with Gasteiger partial charge in [0.2, 0.25) is 5.91 Å². The maximum atomic E-state index is 13.1. The van der Waals surface area contributed by atoms with E-state index >= 15 is 0 Å². The highest BCUT2D eigenvalue weighted by molar-refractivity contribution is 7.93. The summed E-state index contributed by atoms with van der Waals surface area (Å²) in [4.78, 5) is 16.0. The molecule has 10 heteroatoms. The van der Waals surface area contributed by atoms with Crippen LogP contribution in [0.3, 0.4) is 0 Å². The molecule has 3 heterocycles. The Labute approximate surface area is 135 Å². The molecule has 0 saturated heterocycles. The minimum Gasteiger partial charge on any atom is -0.321 e. The van der Waals surface area contributed by atoms with Crippen LogP contribution in [0.25, 0.3) is 11.0 Å². The van der Waals surface area contributed by atoms with Gasteiger partial charge in [-0.2, -0.15) is 8.75 Å². The van der Waals surface area contributed by atoms with Crippen LogP contribution in [-0.2, 0) is 14.8 Å². The smallest absolute Gasteiger partial charge is 0.268 e. The molecule has 0 saturated carbocycles. The van der Waals surface area contributed by atoms with Crippen LogP contribution < -0.4 is 9.62 Å². The molecule has 0 atom stereocenters. The van der Waals surface area contributed by atoms with Crippen molar-refractivity contribution in [3.05, 3.63) is 36.5 Å². The molecular weight excluding hydrogens is 338 g/mol. The van der Waals surface area contributed by atoms with Gasteiger partial charge in [0, 0.05) is 6.20 Å². The Morgan fingerprint density at radius 3 is 2.91 bits per heavy atom. The minimum atomic E-state index is -3.99. The Bertz CT molecular complexity index is 1030. The van der Waals surface area contributed by atoms with Gasteiger partial charge in [0.05, 0.1) is 17.4 Å². The molecule has 116 valence electrons. The Morgan fingerprint density at radius 1 is 1.17 bits per heavy atom. The van der Waals surface area contributed by atoms with E-state index in [-0.39, 0.29) is 17.3 Å². The molecule has 1 aliphatic heterocycles. The molecule has 1 N–H and O–H groups in total. The quantitative estimate of drug-likeness (QED) is 0.747. The van der Waals surface area contributed by atoms with Crippen molar-refractivity contribution in [3.63, 3.8) is 0 Å². The SMILES string of the molecule is O=C1CN(S(=O)(=O)c2cccc3nsnc23)c2ncccc2N1. The molecule has 0 radical (unpaired) electrons. The van der Waals surface area contributed by atoms with Crippen molar-refractivity contribution in [3.8, 4) is 0 Å². The zero-order valence-corrected chi connectivity index (χ0v) is 13.1. The van der Waals surface area contributed by atoms with E-state index in [2.05, 4.69) is 19.0 Å². The van der Waals surface area contributed by atoms with E-state index in [0.29, 0.717) is 16.7 Å². The standard InChI is InChI=1S/C13H9N5O3S2/c19-11-7-18(13-9(15-11)4-2-6-14-13)23(20,21)10-5-1-3-8-12(10)17-22-16-8/h1-6H,7H2,(H,15,19). The molecule has 0 bridgehead atoms. The van der Waals surface area contributed by atoms with Crippen molar-refractivity contribution in [2.75, 3.05) is 16.2 Å². The van der Waals surface area contributed by atoms with Gasteiger partial charge >= 0.3 is 0 Å². The maximum Gasteiger partial charge on any atom is 0.268 e. The summed E-state index contributed by atoms with van der Waals surface area (Å²) in [6.45, 7) is -0.333. The van der Waals surface area contributed by atoms with Crippen molar-refractivity contribution >= 4 is 50.2 Å². The summed E-state index contributed by atoms with van der Waals surface area (Å²) in [7, 11) is -3.99. The molecule has 0 unspecified atom stereocenters. The molecule has 0 aliphatic carbocycles. The van der Waals surface area contributed by atoms with Crippen LogP contribution in [0.15, 0.2) is 41.4 Å². The molecule has 2 aromatic heterocycles. The Morgan fingerprint density at radius 2 is 2.04 bits per heavy atom. The topological polar surface area (TPSA) is 105 Å². The fraction of sp³-hybridized carbons (Fsp3) is 0.0769. The van der Waals surface area contributed by atoms with Crippen LogP contribution in [0, 0.1) is 0 Å². The molecule has 1 amide bonds. The third kappa shape index (κ3) is 2.14. The lowest BCUT2D eigenvalue weighted by Gasteiger charge is -2.28. The van der Waals surface area contributed by atoms with Gasteiger partial charge in [-0.25, -0.2) is 17.7 Å². The number of carbonyl (C=O) groups excluding carboxylic acids is 1.